The van der Waals surface area contributed by atoms with Gasteiger partial charge in [-0.05, 0) is 56.3 Å². The van der Waals surface area contributed by atoms with Gasteiger partial charge in [-0.25, -0.2) is 0 Å². The van der Waals surface area contributed by atoms with Crippen LogP contribution in [0.25, 0.3) is 0 Å². The Labute approximate surface area is 261 Å². The van der Waals surface area contributed by atoms with Crippen molar-refractivity contribution in [1.82, 2.24) is 9.80 Å². The van der Waals surface area contributed by atoms with Crippen LogP contribution in [0, 0.1) is 6.92 Å². The number of nitrogens with zero attached hydrogens (tertiary/aromatic N) is 2. The van der Waals surface area contributed by atoms with Gasteiger partial charge in [0.15, 0.2) is 0 Å². The van der Waals surface area contributed by atoms with E-state index in [9.17, 15) is 9.59 Å². The first kappa shape index (κ1) is 34.2. The first-order valence-electron chi connectivity index (χ1n) is 16.8. The largest absolute Gasteiger partial charge is 0.493 e. The Hall–Kier alpha value is -3.34. The van der Waals surface area contributed by atoms with Gasteiger partial charge in [0.1, 0.15) is 5.75 Å². The second-order valence-electron chi connectivity index (χ2n) is 11.8. The van der Waals surface area contributed by atoms with E-state index in [0.717, 1.165) is 31.4 Å². The summed E-state index contributed by atoms with van der Waals surface area (Å²) in [5, 5.41) is 0. The van der Waals surface area contributed by atoms with Crippen molar-refractivity contribution in [2.75, 3.05) is 19.7 Å². The number of rotatable bonds is 20. The lowest BCUT2D eigenvalue weighted by Gasteiger charge is -2.34. The number of allylic oxidation sites excluding steroid dienone is 2. The second kappa shape index (κ2) is 19.8. The lowest BCUT2D eigenvalue weighted by Crippen LogP contribution is -2.47. The third kappa shape index (κ3) is 11.3. The summed E-state index contributed by atoms with van der Waals surface area (Å²) < 4.78 is 6.16. The molecule has 0 saturated heterocycles. The maximum Gasteiger partial charge on any atom is 0.261 e. The molecule has 3 rings (SSSR count). The highest BCUT2D eigenvalue weighted by Crippen LogP contribution is 2.25. The third-order valence-corrected chi connectivity index (χ3v) is 8.28. The van der Waals surface area contributed by atoms with Crippen molar-refractivity contribution >= 4 is 11.8 Å². The van der Waals surface area contributed by atoms with Gasteiger partial charge in [0.05, 0.1) is 19.2 Å². The molecule has 1 unspecified atom stereocenters. The van der Waals surface area contributed by atoms with E-state index in [1.807, 2.05) is 55.6 Å². The number of imide groups is 1. The predicted molar refractivity (Wildman–Crippen MR) is 179 cm³/mol. The molecule has 43 heavy (non-hydrogen) atoms. The number of ether oxygens (including phenoxy) is 1. The average Bonchev–Trinajstić information content (AvgIpc) is 3.03. The van der Waals surface area contributed by atoms with Crippen LogP contribution in [0.4, 0.5) is 0 Å². The van der Waals surface area contributed by atoms with Gasteiger partial charge in [0.2, 0.25) is 0 Å². The van der Waals surface area contributed by atoms with Crippen molar-refractivity contribution in [3.05, 3.63) is 89.6 Å². The van der Waals surface area contributed by atoms with Crippen LogP contribution in [0.1, 0.15) is 124 Å². The lowest BCUT2D eigenvalue weighted by molar-refractivity contribution is 0.0586. The molecule has 5 heteroatoms. The van der Waals surface area contributed by atoms with Crippen molar-refractivity contribution in [3.63, 3.8) is 0 Å². The molecule has 0 aliphatic carbocycles. The summed E-state index contributed by atoms with van der Waals surface area (Å²) in [6, 6.07) is 14.6. The smallest absolute Gasteiger partial charge is 0.261 e. The minimum Gasteiger partial charge on any atom is -0.493 e. The van der Waals surface area contributed by atoms with E-state index in [0.29, 0.717) is 23.5 Å². The molecule has 1 heterocycles. The van der Waals surface area contributed by atoms with E-state index in [1.54, 1.807) is 18.2 Å². The number of carbonyl (C=O) groups excluding carboxylic acids is 2. The van der Waals surface area contributed by atoms with Crippen molar-refractivity contribution in [1.29, 1.82) is 0 Å². The monoisotopic (exact) mass is 586 g/mol. The molecule has 0 fully saturated rings. The molecule has 1 aliphatic heterocycles. The summed E-state index contributed by atoms with van der Waals surface area (Å²) in [6.45, 7) is 8.08. The summed E-state index contributed by atoms with van der Waals surface area (Å²) in [5.41, 5.74) is 1.79. The topological polar surface area (TPSA) is 49.9 Å². The summed E-state index contributed by atoms with van der Waals surface area (Å²) in [4.78, 5) is 31.4. The van der Waals surface area contributed by atoms with Gasteiger partial charge < -0.3 is 9.64 Å². The molecule has 0 bridgehead atoms. The molecule has 0 spiro atoms. The highest BCUT2D eigenvalue weighted by atomic mass is 16.5. The van der Waals surface area contributed by atoms with E-state index in [2.05, 4.69) is 24.8 Å². The van der Waals surface area contributed by atoms with Gasteiger partial charge in [-0.1, -0.05) is 121 Å². The van der Waals surface area contributed by atoms with E-state index >= 15 is 0 Å². The zero-order valence-electron chi connectivity index (χ0n) is 26.9. The fraction of sp³-hybridized carbons (Fsp3) is 0.526. The summed E-state index contributed by atoms with van der Waals surface area (Å²) >= 11 is 0. The molecule has 5 nitrogen and oxygen atoms in total. The van der Waals surface area contributed by atoms with Crippen LogP contribution in [0.5, 0.6) is 5.75 Å². The molecule has 2 aromatic rings. The van der Waals surface area contributed by atoms with E-state index in [1.165, 1.54) is 69.1 Å². The highest BCUT2D eigenvalue weighted by molar-refractivity contribution is 6.11. The number of hydrogen-bond donors (Lipinski definition) is 0. The quantitative estimate of drug-likeness (QED) is 0.115. The number of carbonyl (C=O) groups is 2. The van der Waals surface area contributed by atoms with Crippen molar-refractivity contribution in [2.45, 2.75) is 110 Å². The van der Waals surface area contributed by atoms with Gasteiger partial charge in [-0.15, -0.1) is 0 Å². The molecule has 2 amide bonds. The minimum absolute atomic E-state index is 0.0768. The molecule has 1 atom stereocenters. The van der Waals surface area contributed by atoms with E-state index in [-0.39, 0.29) is 24.4 Å². The Kier molecular flexibility index (Phi) is 15.7. The standard InChI is InChI=1S/C38H54N2O3/c1-4-6-7-8-9-10-11-12-13-14-15-21-30-43-36-27-22-26-35(32(36)3)38(42)40(37(41)33-23-17-16-18-24-33)31-34-25-19-20-29-39(34)28-5-2/h16-20,22-27,29,34H,4-15,21,28,30-31H2,1-3H3. The lowest BCUT2D eigenvalue weighted by atomic mass is 10.0. The maximum atomic E-state index is 14.0. The average molecular weight is 587 g/mol. The molecule has 0 saturated carbocycles. The van der Waals surface area contributed by atoms with Gasteiger partial charge in [-0.3, -0.25) is 14.5 Å². The maximum absolute atomic E-state index is 14.0. The normalized spacial score (nSPS) is 14.2. The van der Waals surface area contributed by atoms with Crippen LogP contribution in [0.3, 0.4) is 0 Å². The number of hydrogen-bond acceptors (Lipinski definition) is 4. The van der Waals surface area contributed by atoms with E-state index < -0.39 is 0 Å². The van der Waals surface area contributed by atoms with Crippen LogP contribution in [-0.4, -0.2) is 47.4 Å². The summed E-state index contributed by atoms with van der Waals surface area (Å²) in [7, 11) is 0. The van der Waals surface area contributed by atoms with Gasteiger partial charge in [0, 0.05) is 23.2 Å². The second-order valence-corrected chi connectivity index (χ2v) is 11.8. The fourth-order valence-corrected chi connectivity index (χ4v) is 5.69. The third-order valence-electron chi connectivity index (χ3n) is 8.28. The van der Waals surface area contributed by atoms with Crippen LogP contribution in [-0.2, 0) is 0 Å². The fourth-order valence-electron chi connectivity index (χ4n) is 5.69. The zero-order chi connectivity index (χ0) is 30.7. The van der Waals surface area contributed by atoms with Crippen LogP contribution < -0.4 is 4.74 Å². The predicted octanol–water partition coefficient (Wildman–Crippen LogP) is 9.52. The Morgan fingerprint density at radius 1 is 0.744 bits per heavy atom. The molecular weight excluding hydrogens is 532 g/mol. The molecular formula is C38H54N2O3. The number of benzene rings is 2. The van der Waals surface area contributed by atoms with Crippen LogP contribution >= 0.6 is 0 Å². The first-order valence-corrected chi connectivity index (χ1v) is 16.8. The highest BCUT2D eigenvalue weighted by Gasteiger charge is 2.29. The Morgan fingerprint density at radius 3 is 2.05 bits per heavy atom. The molecule has 234 valence electrons. The molecule has 0 N–H and O–H groups in total. The number of unbranched alkanes of at least 4 members (excludes halogenated alkanes) is 11. The van der Waals surface area contributed by atoms with Crippen molar-refractivity contribution in [2.24, 2.45) is 0 Å². The van der Waals surface area contributed by atoms with Gasteiger partial charge in [-0.2, -0.15) is 0 Å². The van der Waals surface area contributed by atoms with Crippen LogP contribution in [0.2, 0.25) is 0 Å². The van der Waals surface area contributed by atoms with Crippen molar-refractivity contribution < 1.29 is 14.3 Å². The molecule has 0 radical (unpaired) electrons. The van der Waals surface area contributed by atoms with Gasteiger partial charge in [0.25, 0.3) is 11.8 Å². The minimum atomic E-state index is -0.290. The SMILES string of the molecule is CCCCCCCCCCCCCCOc1cccc(C(=O)N(CC2C=CC=CN2CCC)C(=O)c2ccccc2)c1C. The Morgan fingerprint density at radius 2 is 1.40 bits per heavy atom. The Balaban J connectivity index is 1.56. The van der Waals surface area contributed by atoms with Gasteiger partial charge >= 0.3 is 0 Å². The molecule has 1 aliphatic rings. The molecule has 0 aromatic heterocycles. The summed E-state index contributed by atoms with van der Waals surface area (Å²) in [5.74, 6) is 0.142. The molecule has 2 aromatic carbocycles. The summed E-state index contributed by atoms with van der Waals surface area (Å²) in [6.07, 6.45) is 24.7. The first-order chi connectivity index (χ1) is 21.1. The van der Waals surface area contributed by atoms with Crippen LogP contribution in [0.15, 0.2) is 73.0 Å². The Bertz CT molecular complexity index is 1160. The number of amides is 2. The zero-order valence-corrected chi connectivity index (χ0v) is 26.9. The van der Waals surface area contributed by atoms with Crippen molar-refractivity contribution in [3.8, 4) is 5.75 Å². The van der Waals surface area contributed by atoms with E-state index in [4.69, 9.17) is 4.74 Å².